The Labute approximate surface area is 179 Å². The summed E-state index contributed by atoms with van der Waals surface area (Å²) in [6.45, 7) is 2.19. The molecule has 31 heavy (non-hydrogen) atoms. The number of halogens is 3. The summed E-state index contributed by atoms with van der Waals surface area (Å²) in [6.07, 6.45) is -2.97. The summed E-state index contributed by atoms with van der Waals surface area (Å²) < 4.78 is 47.2. The summed E-state index contributed by atoms with van der Waals surface area (Å²) in [5, 5.41) is 3.26. The summed E-state index contributed by atoms with van der Waals surface area (Å²) in [6, 6.07) is 11.1. The molecule has 168 valence electrons. The van der Waals surface area contributed by atoms with E-state index >= 15 is 0 Å². The van der Waals surface area contributed by atoms with E-state index in [1.807, 2.05) is 24.3 Å². The van der Waals surface area contributed by atoms with Gasteiger partial charge in [0.1, 0.15) is 5.75 Å². The lowest BCUT2D eigenvalue weighted by atomic mass is 10.2. The minimum Gasteiger partial charge on any atom is -0.495 e. The first kappa shape index (κ1) is 22.5. The normalized spacial score (nSPS) is 15.1. The van der Waals surface area contributed by atoms with Gasteiger partial charge in [-0.05, 0) is 23.8 Å². The summed E-state index contributed by atoms with van der Waals surface area (Å²) in [4.78, 5) is 12.6. The van der Waals surface area contributed by atoms with Crippen molar-refractivity contribution in [2.24, 2.45) is 4.99 Å². The predicted molar refractivity (Wildman–Crippen MR) is 113 cm³/mol. The number of piperazine rings is 1. The summed E-state index contributed by atoms with van der Waals surface area (Å²) >= 11 is 0. The van der Waals surface area contributed by atoms with Crippen molar-refractivity contribution < 1.29 is 22.6 Å². The molecule has 0 saturated carbocycles. The first-order chi connectivity index (χ1) is 14.9. The Balaban J connectivity index is 1.53. The van der Waals surface area contributed by atoms with Crippen molar-refractivity contribution in [3.8, 4) is 11.6 Å². The average Bonchev–Trinajstić information content (AvgIpc) is 2.78. The molecule has 1 fully saturated rings. The van der Waals surface area contributed by atoms with Crippen LogP contribution in [0.25, 0.3) is 0 Å². The van der Waals surface area contributed by atoms with Gasteiger partial charge in [0, 0.05) is 52.0 Å². The fraction of sp³-hybridized carbons (Fsp3) is 0.429. The van der Waals surface area contributed by atoms with Crippen LogP contribution in [-0.2, 0) is 6.54 Å². The lowest BCUT2D eigenvalue weighted by Gasteiger charge is -2.38. The van der Waals surface area contributed by atoms with Gasteiger partial charge in [0.2, 0.25) is 5.88 Å². The number of aliphatic imine (C=N–C) groups is 1. The van der Waals surface area contributed by atoms with E-state index in [0.717, 1.165) is 49.1 Å². The molecule has 10 heteroatoms. The predicted octanol–water partition coefficient (Wildman–Crippen LogP) is 2.93. The van der Waals surface area contributed by atoms with Gasteiger partial charge in [0.05, 0.1) is 12.8 Å². The summed E-state index contributed by atoms with van der Waals surface area (Å²) in [7, 11) is 3.37. The van der Waals surface area contributed by atoms with Crippen molar-refractivity contribution in [1.82, 2.24) is 15.2 Å². The standard InChI is InChI=1S/C21H26F3N5O2/c1-25-20(27-14-16-7-8-26-19(13-16)31-15-21(22,23)24)29-11-9-28(10-12-29)17-5-3-4-6-18(17)30-2/h3-8,13H,9-12,14-15H2,1-2H3,(H,25,27). The van der Waals surface area contributed by atoms with Crippen molar-refractivity contribution in [2.45, 2.75) is 12.7 Å². The molecule has 1 aliphatic rings. The third-order valence-corrected chi connectivity index (χ3v) is 4.85. The smallest absolute Gasteiger partial charge is 0.422 e. The van der Waals surface area contributed by atoms with Crippen LogP contribution in [0.2, 0.25) is 0 Å². The third kappa shape index (κ3) is 6.40. The average molecular weight is 437 g/mol. The highest BCUT2D eigenvalue weighted by Gasteiger charge is 2.28. The van der Waals surface area contributed by atoms with Crippen LogP contribution in [-0.4, -0.2) is 69.0 Å². The number of methoxy groups -OCH3 is 1. The molecule has 0 bridgehead atoms. The molecule has 7 nitrogen and oxygen atoms in total. The Kier molecular flexibility index (Phi) is 7.43. The number of alkyl halides is 3. The minimum atomic E-state index is -4.40. The number of ether oxygens (including phenoxy) is 2. The maximum absolute atomic E-state index is 12.3. The number of anilines is 1. The van der Waals surface area contributed by atoms with E-state index in [-0.39, 0.29) is 5.88 Å². The second-order valence-corrected chi connectivity index (χ2v) is 6.95. The van der Waals surface area contributed by atoms with Gasteiger partial charge >= 0.3 is 6.18 Å². The zero-order valence-corrected chi connectivity index (χ0v) is 17.5. The van der Waals surface area contributed by atoms with E-state index < -0.39 is 12.8 Å². The van der Waals surface area contributed by atoms with Gasteiger partial charge in [-0.25, -0.2) is 4.98 Å². The number of pyridine rings is 1. The van der Waals surface area contributed by atoms with Crippen LogP contribution in [0.15, 0.2) is 47.6 Å². The Bertz CT molecular complexity index is 883. The molecule has 0 atom stereocenters. The van der Waals surface area contributed by atoms with Crippen molar-refractivity contribution in [2.75, 3.05) is 51.8 Å². The number of nitrogens with one attached hydrogen (secondary N) is 1. The second kappa shape index (κ2) is 10.2. The molecule has 1 N–H and O–H groups in total. The van der Waals surface area contributed by atoms with Crippen LogP contribution in [0.1, 0.15) is 5.56 Å². The van der Waals surface area contributed by atoms with Crippen molar-refractivity contribution in [3.05, 3.63) is 48.2 Å². The van der Waals surface area contributed by atoms with Gasteiger partial charge in [0.15, 0.2) is 12.6 Å². The minimum absolute atomic E-state index is 0.0583. The van der Waals surface area contributed by atoms with Crippen molar-refractivity contribution in [3.63, 3.8) is 0 Å². The first-order valence-corrected chi connectivity index (χ1v) is 9.87. The Hall–Kier alpha value is -3.17. The maximum Gasteiger partial charge on any atom is 0.422 e. The number of rotatable bonds is 6. The van der Waals surface area contributed by atoms with Gasteiger partial charge in [0.25, 0.3) is 0 Å². The zero-order valence-electron chi connectivity index (χ0n) is 17.5. The SMILES string of the molecule is CN=C(NCc1ccnc(OCC(F)(F)F)c1)N1CCN(c2ccccc2OC)CC1. The third-order valence-electron chi connectivity index (χ3n) is 4.85. The molecule has 1 aliphatic heterocycles. The van der Waals surface area contributed by atoms with E-state index in [1.54, 1.807) is 20.2 Å². The molecule has 0 amide bonds. The molecular formula is C21H26F3N5O2. The van der Waals surface area contributed by atoms with Crippen LogP contribution >= 0.6 is 0 Å². The molecule has 2 aromatic rings. The number of hydrogen-bond acceptors (Lipinski definition) is 5. The van der Waals surface area contributed by atoms with Crippen LogP contribution in [0.5, 0.6) is 11.6 Å². The molecule has 0 aliphatic carbocycles. The van der Waals surface area contributed by atoms with Crippen LogP contribution in [0, 0.1) is 0 Å². The van der Waals surface area contributed by atoms with E-state index in [2.05, 4.69) is 25.1 Å². The highest BCUT2D eigenvalue weighted by molar-refractivity contribution is 5.80. The number of para-hydroxylation sites is 2. The molecule has 0 radical (unpaired) electrons. The molecule has 1 aromatic heterocycles. The zero-order chi connectivity index (χ0) is 22.3. The van der Waals surface area contributed by atoms with Gasteiger partial charge in [-0.2, -0.15) is 13.2 Å². The van der Waals surface area contributed by atoms with E-state index in [9.17, 15) is 13.2 Å². The van der Waals surface area contributed by atoms with E-state index in [0.29, 0.717) is 6.54 Å². The quantitative estimate of drug-likeness (QED) is 0.554. The largest absolute Gasteiger partial charge is 0.495 e. The van der Waals surface area contributed by atoms with Crippen LogP contribution < -0.4 is 19.7 Å². The monoisotopic (exact) mass is 437 g/mol. The molecule has 1 aromatic carbocycles. The highest BCUT2D eigenvalue weighted by Crippen LogP contribution is 2.28. The van der Waals surface area contributed by atoms with Gasteiger partial charge in [-0.15, -0.1) is 0 Å². The Morgan fingerprint density at radius 2 is 1.90 bits per heavy atom. The molecule has 0 unspecified atom stereocenters. The number of nitrogens with zero attached hydrogens (tertiary/aromatic N) is 4. The number of benzene rings is 1. The van der Waals surface area contributed by atoms with Crippen molar-refractivity contribution in [1.29, 1.82) is 0 Å². The summed E-state index contributed by atoms with van der Waals surface area (Å²) in [5.41, 5.74) is 1.82. The molecule has 1 saturated heterocycles. The van der Waals surface area contributed by atoms with E-state index in [1.165, 1.54) is 12.3 Å². The van der Waals surface area contributed by atoms with Crippen LogP contribution in [0.4, 0.5) is 18.9 Å². The molecular weight excluding hydrogens is 411 g/mol. The van der Waals surface area contributed by atoms with Gasteiger partial charge < -0.3 is 24.6 Å². The van der Waals surface area contributed by atoms with Crippen LogP contribution in [0.3, 0.4) is 0 Å². The first-order valence-electron chi connectivity index (χ1n) is 9.87. The molecule has 2 heterocycles. The lowest BCUT2D eigenvalue weighted by molar-refractivity contribution is -0.154. The summed E-state index contributed by atoms with van der Waals surface area (Å²) in [5.74, 6) is 1.52. The maximum atomic E-state index is 12.3. The highest BCUT2D eigenvalue weighted by atomic mass is 19.4. The van der Waals surface area contributed by atoms with Gasteiger partial charge in [-0.1, -0.05) is 12.1 Å². The Morgan fingerprint density at radius 1 is 1.16 bits per heavy atom. The number of hydrogen-bond donors (Lipinski definition) is 1. The Morgan fingerprint density at radius 3 is 2.58 bits per heavy atom. The second-order valence-electron chi connectivity index (χ2n) is 6.95. The number of guanidine groups is 1. The number of aromatic nitrogens is 1. The molecule has 0 spiro atoms. The fourth-order valence-corrected chi connectivity index (χ4v) is 3.36. The topological polar surface area (TPSA) is 62.2 Å². The lowest BCUT2D eigenvalue weighted by Crippen LogP contribution is -2.52. The van der Waals surface area contributed by atoms with Crippen molar-refractivity contribution >= 4 is 11.6 Å². The molecule has 3 rings (SSSR count). The van der Waals surface area contributed by atoms with Gasteiger partial charge in [-0.3, -0.25) is 4.99 Å². The van der Waals surface area contributed by atoms with E-state index in [4.69, 9.17) is 9.47 Å². The fourth-order valence-electron chi connectivity index (χ4n) is 3.36.